The maximum Gasteiger partial charge on any atom is -0.0683 e. The van der Waals surface area contributed by atoms with Crippen molar-refractivity contribution in [2.45, 2.75) is 27.7 Å². The first-order valence-electron chi connectivity index (χ1n) is 2.00. The van der Waals surface area contributed by atoms with E-state index in [1.54, 1.807) is 0 Å². The molecule has 2 heteroatoms. The fourth-order valence-corrected chi connectivity index (χ4v) is 0. The summed E-state index contributed by atoms with van der Waals surface area (Å²) < 4.78 is 0. The standard InChI is InChI=1S/2C2H6.2HI/c2*1-2;;/h2*1-2H3;2*1H. The molecule has 0 aromatic rings. The Balaban J connectivity index is -0.00000000500. The van der Waals surface area contributed by atoms with Crippen LogP contribution in [0.25, 0.3) is 0 Å². The van der Waals surface area contributed by atoms with Crippen LogP contribution in [-0.2, 0) is 0 Å². The Morgan fingerprint density at radius 3 is 0.500 bits per heavy atom. The molecule has 44 valence electrons. The van der Waals surface area contributed by atoms with Gasteiger partial charge >= 0.3 is 0 Å². The van der Waals surface area contributed by atoms with Gasteiger partial charge in [-0.1, -0.05) is 27.7 Å². The Morgan fingerprint density at radius 1 is 0.500 bits per heavy atom. The average molecular weight is 316 g/mol. The molecule has 0 saturated heterocycles. The maximum atomic E-state index is 2.00. The van der Waals surface area contributed by atoms with Crippen molar-refractivity contribution in [1.29, 1.82) is 0 Å². The molecule has 0 aliphatic heterocycles. The first-order chi connectivity index (χ1) is 2.00. The molecule has 0 atom stereocenters. The molecule has 0 heterocycles. The van der Waals surface area contributed by atoms with E-state index < -0.39 is 0 Å². The van der Waals surface area contributed by atoms with Crippen molar-refractivity contribution in [1.82, 2.24) is 0 Å². The van der Waals surface area contributed by atoms with Crippen LogP contribution in [0.3, 0.4) is 0 Å². The lowest BCUT2D eigenvalue weighted by molar-refractivity contribution is 1.50. The predicted octanol–water partition coefficient (Wildman–Crippen LogP) is 3.29. The van der Waals surface area contributed by atoms with Crippen LogP contribution in [0.1, 0.15) is 27.7 Å². The lowest BCUT2D eigenvalue weighted by Crippen LogP contribution is -0.856. The van der Waals surface area contributed by atoms with Gasteiger partial charge in [0.2, 0.25) is 0 Å². The molecule has 0 radical (unpaired) electrons. The Bertz CT molecular complexity index is 5.51. The summed E-state index contributed by atoms with van der Waals surface area (Å²) in [6.45, 7) is 8.00. The van der Waals surface area contributed by atoms with Gasteiger partial charge in [0.05, 0.1) is 0 Å². The van der Waals surface area contributed by atoms with Gasteiger partial charge in [-0.15, -0.1) is 48.0 Å². The van der Waals surface area contributed by atoms with Crippen LogP contribution in [0, 0.1) is 0 Å². The molecule has 0 aliphatic rings. The first-order valence-corrected chi connectivity index (χ1v) is 2.00. The van der Waals surface area contributed by atoms with Gasteiger partial charge in [-0.25, -0.2) is 0 Å². The van der Waals surface area contributed by atoms with Crippen molar-refractivity contribution in [2.24, 2.45) is 0 Å². The van der Waals surface area contributed by atoms with E-state index in [2.05, 4.69) is 0 Å². The minimum absolute atomic E-state index is 0. The van der Waals surface area contributed by atoms with Crippen molar-refractivity contribution in [2.75, 3.05) is 0 Å². The first kappa shape index (κ1) is 26.0. The fraction of sp³-hybridized carbons (Fsp3) is 1.00. The van der Waals surface area contributed by atoms with Gasteiger partial charge in [-0.3, -0.25) is 0 Å². The summed E-state index contributed by atoms with van der Waals surface area (Å²) in [7, 11) is 0. The van der Waals surface area contributed by atoms with E-state index in [-0.39, 0.29) is 48.0 Å². The molecule has 0 aromatic carbocycles. The van der Waals surface area contributed by atoms with E-state index in [0.717, 1.165) is 0 Å². The molecule has 0 amide bonds. The molecular formula is C4H14I2. The van der Waals surface area contributed by atoms with Crippen LogP contribution in [0.15, 0.2) is 0 Å². The minimum atomic E-state index is 0. The summed E-state index contributed by atoms with van der Waals surface area (Å²) >= 11 is 0. The van der Waals surface area contributed by atoms with Crippen molar-refractivity contribution in [3.8, 4) is 0 Å². The number of rotatable bonds is 0. The highest BCUT2D eigenvalue weighted by Crippen LogP contribution is 1.15. The summed E-state index contributed by atoms with van der Waals surface area (Å²) in [4.78, 5) is 0. The summed E-state index contributed by atoms with van der Waals surface area (Å²) in [5, 5.41) is 0. The number of hydrogen-bond acceptors (Lipinski definition) is 0. The zero-order valence-corrected chi connectivity index (χ0v) is 9.48. The number of hydrogen-bond donors (Lipinski definition) is 0. The molecule has 0 aromatic heterocycles. The largest absolute Gasteiger partial charge is 0.107 e. The molecule has 0 unspecified atom stereocenters. The third-order valence-corrected chi connectivity index (χ3v) is 0. The second-order valence-electron chi connectivity index (χ2n) is 0. The highest BCUT2D eigenvalue weighted by Gasteiger charge is 0.934. The molecule has 0 fully saturated rings. The Labute approximate surface area is 75.1 Å². The molecule has 0 nitrogen and oxygen atoms in total. The molecular weight excluding hydrogens is 302 g/mol. The number of halogens is 2. The normalized spacial score (nSPS) is 2.00. The quantitative estimate of drug-likeness (QED) is 0.602. The summed E-state index contributed by atoms with van der Waals surface area (Å²) in [6.07, 6.45) is 0. The molecule has 0 spiro atoms. The van der Waals surface area contributed by atoms with Crippen LogP contribution in [0.5, 0.6) is 0 Å². The van der Waals surface area contributed by atoms with Crippen molar-refractivity contribution in [3.63, 3.8) is 0 Å². The topological polar surface area (TPSA) is 0 Å². The van der Waals surface area contributed by atoms with E-state index >= 15 is 0 Å². The second kappa shape index (κ2) is 90.3. The van der Waals surface area contributed by atoms with E-state index in [9.17, 15) is 0 Å². The van der Waals surface area contributed by atoms with Crippen LogP contribution >= 0.6 is 48.0 Å². The van der Waals surface area contributed by atoms with E-state index in [0.29, 0.717) is 0 Å². The Kier molecular flexibility index (Phi) is 392. The zero-order chi connectivity index (χ0) is 4.00. The van der Waals surface area contributed by atoms with E-state index in [1.807, 2.05) is 27.7 Å². The predicted molar refractivity (Wildman–Crippen MR) is 53.5 cm³/mol. The van der Waals surface area contributed by atoms with Crippen LogP contribution in [-0.4, -0.2) is 0 Å². The maximum absolute atomic E-state index is 2.00. The van der Waals surface area contributed by atoms with Crippen LogP contribution < -0.4 is 0 Å². The van der Waals surface area contributed by atoms with Gasteiger partial charge in [0, 0.05) is 0 Å². The zero-order valence-electron chi connectivity index (χ0n) is 4.82. The third kappa shape index (κ3) is 51.0. The van der Waals surface area contributed by atoms with Crippen molar-refractivity contribution >= 4 is 48.0 Å². The van der Waals surface area contributed by atoms with Crippen molar-refractivity contribution < 1.29 is 0 Å². The molecule has 0 rings (SSSR count). The van der Waals surface area contributed by atoms with Gasteiger partial charge in [0.25, 0.3) is 0 Å². The fourth-order valence-electron chi connectivity index (χ4n) is 0. The van der Waals surface area contributed by atoms with E-state index in [4.69, 9.17) is 0 Å². The Morgan fingerprint density at radius 2 is 0.500 bits per heavy atom. The van der Waals surface area contributed by atoms with Crippen LogP contribution in [0.4, 0.5) is 0 Å². The second-order valence-corrected chi connectivity index (χ2v) is 0. The third-order valence-electron chi connectivity index (χ3n) is 0. The van der Waals surface area contributed by atoms with Crippen molar-refractivity contribution in [3.05, 3.63) is 0 Å². The monoisotopic (exact) mass is 316 g/mol. The summed E-state index contributed by atoms with van der Waals surface area (Å²) in [6, 6.07) is 0. The molecule has 6 heavy (non-hydrogen) atoms. The highest BCUT2D eigenvalue weighted by atomic mass is 127. The SMILES string of the molecule is CC.CC.I.I. The van der Waals surface area contributed by atoms with Gasteiger partial charge in [-0.2, -0.15) is 0 Å². The highest BCUT2D eigenvalue weighted by molar-refractivity contribution is 14.0. The van der Waals surface area contributed by atoms with Crippen LogP contribution in [0.2, 0.25) is 0 Å². The van der Waals surface area contributed by atoms with E-state index in [1.165, 1.54) is 0 Å². The minimum Gasteiger partial charge on any atom is -0.107 e. The van der Waals surface area contributed by atoms with Gasteiger partial charge in [0.15, 0.2) is 0 Å². The smallest absolute Gasteiger partial charge is 0.0683 e. The Hall–Kier alpha value is 1.46. The molecule has 0 bridgehead atoms. The molecule has 0 N–H and O–H groups in total. The van der Waals surface area contributed by atoms with Gasteiger partial charge in [-0.05, 0) is 0 Å². The molecule has 0 saturated carbocycles. The lowest BCUT2D eigenvalue weighted by Gasteiger charge is -1.07. The lowest BCUT2D eigenvalue weighted by atomic mass is 11.0. The summed E-state index contributed by atoms with van der Waals surface area (Å²) in [5.74, 6) is 0. The molecule has 0 aliphatic carbocycles. The van der Waals surface area contributed by atoms with Gasteiger partial charge in [0.1, 0.15) is 0 Å². The summed E-state index contributed by atoms with van der Waals surface area (Å²) in [5.41, 5.74) is 0. The average Bonchev–Trinajstić information content (AvgIpc) is 1.50. The van der Waals surface area contributed by atoms with Gasteiger partial charge < -0.3 is 0 Å².